The number of ether oxygens (including phenoxy) is 4. The van der Waals surface area contributed by atoms with E-state index in [1.807, 2.05) is 38.1 Å². The van der Waals surface area contributed by atoms with Gasteiger partial charge in [0.15, 0.2) is 0 Å². The number of nitriles is 1. The van der Waals surface area contributed by atoms with E-state index in [1.54, 1.807) is 48.5 Å². The molecule has 1 heterocycles. The number of benzene rings is 3. The fourth-order valence-electron chi connectivity index (χ4n) is 3.86. The number of nitrogens with two attached hydrogens (primary N) is 1. The second-order valence-electron chi connectivity index (χ2n) is 8.37. The number of carbonyl (C=O) groups excluding carboxylic acids is 1. The standard InChI is InChI=1S/C29H26N2O5/c1-4-15-33-21-9-5-19(6-10-21)27-24-14-13-23(16-26(24)36-28(31)25(27)17-30)35-29(32)20-7-11-22(12-8-20)34-18(2)3/h4-14,16,18,27H,1,15,31H2,2-3H3. The molecular formula is C29H26N2O5. The maximum absolute atomic E-state index is 12.7. The molecule has 36 heavy (non-hydrogen) atoms. The van der Waals surface area contributed by atoms with Crippen LogP contribution in [-0.4, -0.2) is 18.7 Å². The van der Waals surface area contributed by atoms with Gasteiger partial charge >= 0.3 is 5.97 Å². The first kappa shape index (κ1) is 24.4. The minimum atomic E-state index is -0.519. The summed E-state index contributed by atoms with van der Waals surface area (Å²) in [6.45, 7) is 7.90. The number of hydrogen-bond donors (Lipinski definition) is 1. The Hall–Kier alpha value is -4.70. The van der Waals surface area contributed by atoms with E-state index in [0.717, 1.165) is 11.1 Å². The lowest BCUT2D eigenvalue weighted by atomic mass is 9.83. The van der Waals surface area contributed by atoms with Crippen molar-refractivity contribution in [2.75, 3.05) is 6.61 Å². The zero-order valence-electron chi connectivity index (χ0n) is 20.1. The van der Waals surface area contributed by atoms with Crippen molar-refractivity contribution in [2.45, 2.75) is 25.9 Å². The van der Waals surface area contributed by atoms with Crippen molar-refractivity contribution >= 4 is 5.97 Å². The first-order valence-corrected chi connectivity index (χ1v) is 11.4. The predicted molar refractivity (Wildman–Crippen MR) is 135 cm³/mol. The molecule has 0 aromatic heterocycles. The molecule has 182 valence electrons. The quantitative estimate of drug-likeness (QED) is 0.258. The molecule has 1 aliphatic heterocycles. The van der Waals surface area contributed by atoms with Crippen LogP contribution in [0, 0.1) is 11.3 Å². The van der Waals surface area contributed by atoms with Crippen LogP contribution in [-0.2, 0) is 0 Å². The molecule has 0 saturated heterocycles. The average molecular weight is 483 g/mol. The van der Waals surface area contributed by atoms with E-state index >= 15 is 0 Å². The molecule has 0 spiro atoms. The van der Waals surface area contributed by atoms with E-state index in [-0.39, 0.29) is 12.0 Å². The molecule has 1 atom stereocenters. The number of esters is 1. The summed E-state index contributed by atoms with van der Waals surface area (Å²) in [5.41, 5.74) is 8.36. The lowest BCUT2D eigenvalue weighted by Gasteiger charge is -2.26. The molecule has 0 fully saturated rings. The number of fused-ring (bicyclic) bond motifs is 1. The molecule has 0 radical (unpaired) electrons. The molecule has 0 bridgehead atoms. The Morgan fingerprint density at radius 3 is 2.39 bits per heavy atom. The van der Waals surface area contributed by atoms with Gasteiger partial charge in [0, 0.05) is 11.6 Å². The molecule has 0 amide bonds. The van der Waals surface area contributed by atoms with Crippen molar-refractivity contribution < 1.29 is 23.7 Å². The van der Waals surface area contributed by atoms with Crippen molar-refractivity contribution in [3.8, 4) is 29.1 Å². The van der Waals surface area contributed by atoms with Gasteiger partial charge in [0.25, 0.3) is 0 Å². The maximum Gasteiger partial charge on any atom is 0.343 e. The largest absolute Gasteiger partial charge is 0.491 e. The van der Waals surface area contributed by atoms with Crippen molar-refractivity contribution in [3.05, 3.63) is 108 Å². The second-order valence-corrected chi connectivity index (χ2v) is 8.37. The molecule has 0 aliphatic carbocycles. The van der Waals surface area contributed by atoms with E-state index in [2.05, 4.69) is 12.6 Å². The fraction of sp³-hybridized carbons (Fsp3) is 0.172. The predicted octanol–water partition coefficient (Wildman–Crippen LogP) is 5.48. The van der Waals surface area contributed by atoms with Crippen LogP contribution < -0.4 is 24.7 Å². The number of hydrogen-bond acceptors (Lipinski definition) is 7. The van der Waals surface area contributed by atoms with Gasteiger partial charge < -0.3 is 24.7 Å². The van der Waals surface area contributed by atoms with Gasteiger partial charge in [-0.25, -0.2) is 4.79 Å². The number of allylic oxidation sites excluding steroid dienone is 1. The van der Waals surface area contributed by atoms with E-state index in [0.29, 0.717) is 40.7 Å². The molecular weight excluding hydrogens is 456 g/mol. The summed E-state index contributed by atoms with van der Waals surface area (Å²) in [7, 11) is 0. The average Bonchev–Trinajstić information content (AvgIpc) is 2.87. The third-order valence-corrected chi connectivity index (χ3v) is 5.44. The lowest BCUT2D eigenvalue weighted by Crippen LogP contribution is -2.21. The van der Waals surface area contributed by atoms with Gasteiger partial charge in [0.1, 0.15) is 41.2 Å². The first-order valence-electron chi connectivity index (χ1n) is 11.4. The molecule has 1 unspecified atom stereocenters. The third kappa shape index (κ3) is 5.34. The number of carbonyl (C=O) groups is 1. The van der Waals surface area contributed by atoms with E-state index in [4.69, 9.17) is 24.7 Å². The van der Waals surface area contributed by atoms with Crippen molar-refractivity contribution in [3.63, 3.8) is 0 Å². The molecule has 0 saturated carbocycles. The van der Waals surface area contributed by atoms with E-state index in [9.17, 15) is 10.1 Å². The van der Waals surface area contributed by atoms with Gasteiger partial charge in [-0.15, -0.1) is 0 Å². The monoisotopic (exact) mass is 482 g/mol. The molecule has 7 heteroatoms. The molecule has 3 aromatic rings. The van der Waals surface area contributed by atoms with Crippen LogP contribution in [0.4, 0.5) is 0 Å². The Kier molecular flexibility index (Phi) is 7.26. The molecule has 4 rings (SSSR count). The zero-order valence-corrected chi connectivity index (χ0v) is 20.1. The van der Waals surface area contributed by atoms with Crippen LogP contribution >= 0.6 is 0 Å². The Morgan fingerprint density at radius 2 is 1.75 bits per heavy atom. The third-order valence-electron chi connectivity index (χ3n) is 5.44. The van der Waals surface area contributed by atoms with Gasteiger partial charge in [0.2, 0.25) is 5.88 Å². The maximum atomic E-state index is 12.7. The van der Waals surface area contributed by atoms with Gasteiger partial charge in [-0.1, -0.05) is 30.9 Å². The molecule has 1 aliphatic rings. The summed E-state index contributed by atoms with van der Waals surface area (Å²) in [6.07, 6.45) is 1.70. The van der Waals surface area contributed by atoms with Crippen LogP contribution in [0.5, 0.6) is 23.0 Å². The van der Waals surface area contributed by atoms with Gasteiger partial charge in [-0.05, 0) is 61.9 Å². The summed E-state index contributed by atoms with van der Waals surface area (Å²) in [4.78, 5) is 12.7. The van der Waals surface area contributed by atoms with Crippen LogP contribution in [0.2, 0.25) is 0 Å². The molecule has 3 aromatic carbocycles. The zero-order chi connectivity index (χ0) is 25.7. The lowest BCUT2D eigenvalue weighted by molar-refractivity contribution is 0.0734. The normalized spacial score (nSPS) is 14.3. The smallest absolute Gasteiger partial charge is 0.343 e. The molecule has 7 nitrogen and oxygen atoms in total. The topological polar surface area (TPSA) is 104 Å². The number of nitrogens with zero attached hydrogens (tertiary/aromatic N) is 1. The van der Waals surface area contributed by atoms with Crippen LogP contribution in [0.3, 0.4) is 0 Å². The van der Waals surface area contributed by atoms with Gasteiger partial charge in [-0.2, -0.15) is 5.26 Å². The van der Waals surface area contributed by atoms with Gasteiger partial charge in [-0.3, -0.25) is 0 Å². The van der Waals surface area contributed by atoms with Crippen molar-refractivity contribution in [2.24, 2.45) is 5.73 Å². The Labute approximate surface area is 210 Å². The first-order chi connectivity index (χ1) is 17.4. The van der Waals surface area contributed by atoms with E-state index in [1.165, 1.54) is 0 Å². The minimum absolute atomic E-state index is 0.00574. The highest BCUT2D eigenvalue weighted by Gasteiger charge is 2.31. The van der Waals surface area contributed by atoms with E-state index < -0.39 is 11.9 Å². The summed E-state index contributed by atoms with van der Waals surface area (Å²) < 4.78 is 22.5. The Morgan fingerprint density at radius 1 is 1.08 bits per heavy atom. The Bertz CT molecular complexity index is 1340. The Balaban J connectivity index is 1.58. The SMILES string of the molecule is C=CCOc1ccc(C2C(C#N)=C(N)Oc3cc(OC(=O)c4ccc(OC(C)C)cc4)ccc32)cc1. The highest BCUT2D eigenvalue weighted by Crippen LogP contribution is 2.43. The second kappa shape index (κ2) is 10.7. The minimum Gasteiger partial charge on any atom is -0.491 e. The number of rotatable bonds is 8. The van der Waals surface area contributed by atoms with Crippen molar-refractivity contribution in [1.29, 1.82) is 5.26 Å². The molecule has 2 N–H and O–H groups in total. The highest BCUT2D eigenvalue weighted by atomic mass is 16.5. The summed E-state index contributed by atoms with van der Waals surface area (Å²) >= 11 is 0. The van der Waals surface area contributed by atoms with Crippen molar-refractivity contribution in [1.82, 2.24) is 0 Å². The summed E-state index contributed by atoms with van der Waals surface area (Å²) in [5, 5.41) is 9.77. The fourth-order valence-corrected chi connectivity index (χ4v) is 3.86. The van der Waals surface area contributed by atoms with Crippen LogP contribution in [0.15, 0.2) is 90.8 Å². The van der Waals surface area contributed by atoms with Gasteiger partial charge in [0.05, 0.1) is 17.6 Å². The van der Waals surface area contributed by atoms with Crippen LogP contribution in [0.1, 0.15) is 41.3 Å². The summed E-state index contributed by atoms with van der Waals surface area (Å²) in [6, 6.07) is 21.3. The van der Waals surface area contributed by atoms with Crippen LogP contribution in [0.25, 0.3) is 0 Å². The summed E-state index contributed by atoms with van der Waals surface area (Å²) in [5.74, 6) is 1.11. The highest BCUT2D eigenvalue weighted by molar-refractivity contribution is 5.91.